The monoisotopic (exact) mass is 271 g/mol. The van der Waals surface area contributed by atoms with Gasteiger partial charge in [0.15, 0.2) is 0 Å². The summed E-state index contributed by atoms with van der Waals surface area (Å²) in [5.74, 6) is -0.245. The molecule has 0 bridgehead atoms. The molecule has 20 heavy (non-hydrogen) atoms. The lowest BCUT2D eigenvalue weighted by Crippen LogP contribution is -2.33. The summed E-state index contributed by atoms with van der Waals surface area (Å²) in [6.07, 6.45) is 0.368. The normalized spacial score (nSPS) is 11.9. The lowest BCUT2D eigenvalue weighted by Gasteiger charge is -2.11. The van der Waals surface area contributed by atoms with E-state index in [2.05, 4.69) is 4.74 Å². The second-order valence-electron chi connectivity index (χ2n) is 4.55. The van der Waals surface area contributed by atoms with Crippen molar-refractivity contribution in [2.45, 2.75) is 12.5 Å². The van der Waals surface area contributed by atoms with Gasteiger partial charge in [-0.25, -0.2) is 0 Å². The van der Waals surface area contributed by atoms with Crippen LogP contribution in [0.4, 0.5) is 0 Å². The Bertz CT molecular complexity index is 596. The van der Waals surface area contributed by atoms with Gasteiger partial charge in [-0.05, 0) is 29.7 Å². The molecule has 0 saturated heterocycles. The van der Waals surface area contributed by atoms with Gasteiger partial charge in [0, 0.05) is 5.56 Å². The number of nitrogens with two attached hydrogens (primary N) is 1. The van der Waals surface area contributed by atoms with Crippen molar-refractivity contribution < 1.29 is 14.6 Å². The van der Waals surface area contributed by atoms with Crippen LogP contribution in [0.1, 0.15) is 5.56 Å². The highest BCUT2D eigenvalue weighted by Gasteiger charge is 2.15. The van der Waals surface area contributed by atoms with Gasteiger partial charge in [-0.15, -0.1) is 0 Å². The number of phenols is 1. The second kappa shape index (κ2) is 6.21. The number of aromatic hydroxyl groups is 1. The van der Waals surface area contributed by atoms with Gasteiger partial charge in [0.1, 0.15) is 11.8 Å². The molecule has 0 heterocycles. The number of carbonyl (C=O) groups excluding carboxylic acids is 1. The highest BCUT2D eigenvalue weighted by molar-refractivity contribution is 5.76. The number of hydrogen-bond donors (Lipinski definition) is 2. The molecule has 1 atom stereocenters. The van der Waals surface area contributed by atoms with Gasteiger partial charge in [-0.2, -0.15) is 0 Å². The lowest BCUT2D eigenvalue weighted by molar-refractivity contribution is -0.142. The molecule has 0 aliphatic rings. The van der Waals surface area contributed by atoms with Crippen LogP contribution in [0, 0.1) is 0 Å². The fourth-order valence-corrected chi connectivity index (χ4v) is 2.05. The number of methoxy groups -OCH3 is 1. The third-order valence-electron chi connectivity index (χ3n) is 3.11. The predicted molar refractivity (Wildman–Crippen MR) is 77.2 cm³/mol. The number of hydrogen-bond acceptors (Lipinski definition) is 4. The molecule has 0 aromatic heterocycles. The lowest BCUT2D eigenvalue weighted by atomic mass is 9.99. The second-order valence-corrected chi connectivity index (χ2v) is 4.55. The highest BCUT2D eigenvalue weighted by atomic mass is 16.5. The summed E-state index contributed by atoms with van der Waals surface area (Å²) < 4.78 is 4.61. The van der Waals surface area contributed by atoms with Gasteiger partial charge in [0.2, 0.25) is 0 Å². The van der Waals surface area contributed by atoms with Crippen LogP contribution in [-0.4, -0.2) is 24.2 Å². The third-order valence-corrected chi connectivity index (χ3v) is 3.11. The van der Waals surface area contributed by atoms with E-state index in [4.69, 9.17) is 5.73 Å². The number of carbonyl (C=O) groups is 1. The molecule has 4 heteroatoms. The first-order valence-corrected chi connectivity index (χ1v) is 6.32. The van der Waals surface area contributed by atoms with Crippen molar-refractivity contribution in [3.05, 3.63) is 54.1 Å². The van der Waals surface area contributed by atoms with Crippen LogP contribution in [0.5, 0.6) is 5.75 Å². The molecular weight excluding hydrogens is 254 g/mol. The van der Waals surface area contributed by atoms with Crippen molar-refractivity contribution >= 4 is 5.97 Å². The molecule has 0 fully saturated rings. The molecule has 0 aliphatic heterocycles. The maximum absolute atomic E-state index is 11.3. The Hall–Kier alpha value is -2.33. The molecule has 0 amide bonds. The van der Waals surface area contributed by atoms with E-state index >= 15 is 0 Å². The molecule has 2 aromatic rings. The van der Waals surface area contributed by atoms with Crippen LogP contribution < -0.4 is 5.73 Å². The van der Waals surface area contributed by atoms with Gasteiger partial charge >= 0.3 is 5.97 Å². The number of ether oxygens (including phenoxy) is 1. The van der Waals surface area contributed by atoms with Gasteiger partial charge in [-0.1, -0.05) is 36.4 Å². The number of esters is 1. The molecule has 3 N–H and O–H groups in total. The minimum atomic E-state index is -0.701. The van der Waals surface area contributed by atoms with Crippen LogP contribution in [0.25, 0.3) is 11.1 Å². The van der Waals surface area contributed by atoms with Crippen molar-refractivity contribution in [2.24, 2.45) is 5.73 Å². The fourth-order valence-electron chi connectivity index (χ4n) is 2.05. The summed E-state index contributed by atoms with van der Waals surface area (Å²) in [6, 6.07) is 14.1. The number of rotatable bonds is 4. The fraction of sp³-hybridized carbons (Fsp3) is 0.188. The zero-order chi connectivity index (χ0) is 14.5. The first kappa shape index (κ1) is 14.1. The van der Waals surface area contributed by atoms with E-state index in [-0.39, 0.29) is 5.75 Å². The first-order chi connectivity index (χ1) is 9.61. The van der Waals surface area contributed by atoms with Crippen molar-refractivity contribution in [3.8, 4) is 16.9 Å². The molecule has 2 aromatic carbocycles. The molecule has 4 nitrogen and oxygen atoms in total. The summed E-state index contributed by atoms with van der Waals surface area (Å²) in [4.78, 5) is 11.3. The molecule has 1 unspecified atom stereocenters. The Morgan fingerprint density at radius 3 is 2.60 bits per heavy atom. The van der Waals surface area contributed by atoms with Crippen molar-refractivity contribution in [3.63, 3.8) is 0 Å². The average Bonchev–Trinajstić information content (AvgIpc) is 2.49. The molecule has 0 aliphatic carbocycles. The molecule has 2 rings (SSSR count). The third kappa shape index (κ3) is 3.16. The van der Waals surface area contributed by atoms with E-state index in [9.17, 15) is 9.90 Å². The van der Waals surface area contributed by atoms with Crippen molar-refractivity contribution in [2.75, 3.05) is 7.11 Å². The largest absolute Gasteiger partial charge is 0.507 e. The molecular formula is C16H17NO3. The SMILES string of the molecule is COC(=O)C(N)Cc1ccc(O)c(-c2ccccc2)c1. The Balaban J connectivity index is 2.28. The smallest absolute Gasteiger partial charge is 0.322 e. The van der Waals surface area contributed by atoms with E-state index in [0.717, 1.165) is 16.7 Å². The van der Waals surface area contributed by atoms with E-state index < -0.39 is 12.0 Å². The summed E-state index contributed by atoms with van der Waals surface area (Å²) >= 11 is 0. The van der Waals surface area contributed by atoms with Crippen LogP contribution in [0.3, 0.4) is 0 Å². The van der Waals surface area contributed by atoms with Gasteiger partial charge in [0.05, 0.1) is 7.11 Å². The van der Waals surface area contributed by atoms with Gasteiger partial charge in [0.25, 0.3) is 0 Å². The zero-order valence-electron chi connectivity index (χ0n) is 11.2. The molecule has 0 saturated carbocycles. The quantitative estimate of drug-likeness (QED) is 0.835. The minimum absolute atomic E-state index is 0.201. The maximum atomic E-state index is 11.3. The Labute approximate surface area is 117 Å². The van der Waals surface area contributed by atoms with E-state index in [0.29, 0.717) is 6.42 Å². The van der Waals surface area contributed by atoms with Crippen molar-refractivity contribution in [1.82, 2.24) is 0 Å². The van der Waals surface area contributed by atoms with Crippen LogP contribution in [0.2, 0.25) is 0 Å². The summed E-state index contributed by atoms with van der Waals surface area (Å²) in [5, 5.41) is 9.95. The average molecular weight is 271 g/mol. The Morgan fingerprint density at radius 2 is 1.95 bits per heavy atom. The van der Waals surface area contributed by atoms with Crippen LogP contribution >= 0.6 is 0 Å². The van der Waals surface area contributed by atoms with E-state index in [1.165, 1.54) is 7.11 Å². The summed E-state index contributed by atoms with van der Waals surface area (Å²) in [7, 11) is 1.31. The highest BCUT2D eigenvalue weighted by Crippen LogP contribution is 2.30. The van der Waals surface area contributed by atoms with Crippen molar-refractivity contribution in [1.29, 1.82) is 0 Å². The molecule has 104 valence electrons. The van der Waals surface area contributed by atoms with Gasteiger partial charge < -0.3 is 15.6 Å². The van der Waals surface area contributed by atoms with Crippen LogP contribution in [-0.2, 0) is 16.0 Å². The number of phenolic OH excluding ortho intramolecular Hbond substituents is 1. The molecule has 0 spiro atoms. The maximum Gasteiger partial charge on any atom is 0.322 e. The Kier molecular flexibility index (Phi) is 4.38. The van der Waals surface area contributed by atoms with Crippen LogP contribution in [0.15, 0.2) is 48.5 Å². The summed E-state index contributed by atoms with van der Waals surface area (Å²) in [6.45, 7) is 0. The number of benzene rings is 2. The predicted octanol–water partition coefficient (Wildman–Crippen LogP) is 2.10. The zero-order valence-corrected chi connectivity index (χ0v) is 11.2. The van der Waals surface area contributed by atoms with E-state index in [1.54, 1.807) is 12.1 Å². The van der Waals surface area contributed by atoms with E-state index in [1.807, 2.05) is 36.4 Å². The summed E-state index contributed by atoms with van der Waals surface area (Å²) in [5.41, 5.74) is 8.26. The first-order valence-electron chi connectivity index (χ1n) is 6.32. The topological polar surface area (TPSA) is 72.5 Å². The Morgan fingerprint density at radius 1 is 1.25 bits per heavy atom. The standard InChI is InChI=1S/C16H17NO3/c1-20-16(19)14(17)10-11-7-8-15(18)13(9-11)12-5-3-2-4-6-12/h2-9,14,18H,10,17H2,1H3. The molecule has 0 radical (unpaired) electrons. The van der Waals surface area contributed by atoms with Gasteiger partial charge in [-0.3, -0.25) is 4.79 Å². The minimum Gasteiger partial charge on any atom is -0.507 e.